The molecule has 4 rings (SSSR count). The quantitative estimate of drug-likeness (QED) is 0.246. The number of H-pyrrole nitrogens is 1. The van der Waals surface area contributed by atoms with Crippen LogP contribution in [0.1, 0.15) is 16.7 Å². The molecule has 0 fully saturated rings. The summed E-state index contributed by atoms with van der Waals surface area (Å²) >= 11 is 4.44. The van der Waals surface area contributed by atoms with Crippen LogP contribution in [0.3, 0.4) is 0 Å². The highest BCUT2D eigenvalue weighted by atomic mass is 32.1. The van der Waals surface area contributed by atoms with Crippen LogP contribution in [0.2, 0.25) is 0 Å². The zero-order valence-electron chi connectivity index (χ0n) is 19.3. The standard InChI is InChI=1S/C28H29N3O3S/c32-27(30-23(19-35)15-20-9-3-1-4-10-20)26(16-22-17-29-25-14-8-7-13-24(22)25)31-28(33)34-18-21-11-5-2-6-12-21/h1-14,17,23,26,29,35H,15-16,18-19H2,(H,30,32)(H,31,33)/t23-,26+/m0/s1. The molecule has 0 radical (unpaired) electrons. The molecule has 7 heteroatoms. The predicted molar refractivity (Wildman–Crippen MR) is 141 cm³/mol. The van der Waals surface area contributed by atoms with Gasteiger partial charge in [-0.15, -0.1) is 0 Å². The first-order chi connectivity index (χ1) is 17.1. The van der Waals surface area contributed by atoms with E-state index in [2.05, 4.69) is 28.2 Å². The summed E-state index contributed by atoms with van der Waals surface area (Å²) in [5.74, 6) is 0.195. The highest BCUT2D eigenvalue weighted by Crippen LogP contribution is 2.19. The number of nitrogens with one attached hydrogen (secondary N) is 3. The molecule has 0 unspecified atom stereocenters. The van der Waals surface area contributed by atoms with Gasteiger partial charge in [-0.1, -0.05) is 78.9 Å². The summed E-state index contributed by atoms with van der Waals surface area (Å²) in [6.07, 6.45) is 2.20. The van der Waals surface area contributed by atoms with Crippen LogP contribution in [0.5, 0.6) is 0 Å². The minimum atomic E-state index is -0.810. The van der Waals surface area contributed by atoms with Crippen molar-refractivity contribution in [3.8, 4) is 0 Å². The summed E-state index contributed by atoms with van der Waals surface area (Å²) in [4.78, 5) is 29.2. The Morgan fingerprint density at radius 3 is 2.20 bits per heavy atom. The Kier molecular flexibility index (Phi) is 8.46. The monoisotopic (exact) mass is 487 g/mol. The fraction of sp³-hybridized carbons (Fsp3) is 0.214. The van der Waals surface area contributed by atoms with Gasteiger partial charge in [0.1, 0.15) is 12.6 Å². The lowest BCUT2D eigenvalue weighted by atomic mass is 10.0. The maximum Gasteiger partial charge on any atom is 0.408 e. The number of hydrogen-bond acceptors (Lipinski definition) is 4. The van der Waals surface area contributed by atoms with Gasteiger partial charge < -0.3 is 20.4 Å². The Balaban J connectivity index is 1.47. The molecule has 2 amide bonds. The number of alkyl carbamates (subject to hydrolysis) is 1. The number of rotatable bonds is 10. The average molecular weight is 488 g/mol. The molecule has 0 aliphatic heterocycles. The fourth-order valence-electron chi connectivity index (χ4n) is 4.00. The average Bonchev–Trinajstić information content (AvgIpc) is 3.30. The molecular weight excluding hydrogens is 458 g/mol. The van der Waals surface area contributed by atoms with Gasteiger partial charge in [-0.3, -0.25) is 4.79 Å². The minimum absolute atomic E-state index is 0.126. The number of thiol groups is 1. The number of benzene rings is 3. The molecule has 0 aliphatic carbocycles. The van der Waals surface area contributed by atoms with Crippen LogP contribution in [-0.2, 0) is 29.0 Å². The van der Waals surface area contributed by atoms with E-state index in [-0.39, 0.29) is 18.6 Å². The van der Waals surface area contributed by atoms with Crippen molar-refractivity contribution in [3.63, 3.8) is 0 Å². The smallest absolute Gasteiger partial charge is 0.408 e. The molecule has 35 heavy (non-hydrogen) atoms. The van der Waals surface area contributed by atoms with Gasteiger partial charge in [-0.05, 0) is 29.2 Å². The number of hydrogen-bond donors (Lipinski definition) is 4. The molecule has 6 nitrogen and oxygen atoms in total. The third kappa shape index (κ3) is 6.90. The third-order valence-electron chi connectivity index (χ3n) is 5.81. The van der Waals surface area contributed by atoms with Gasteiger partial charge in [-0.25, -0.2) is 4.79 Å². The highest BCUT2D eigenvalue weighted by molar-refractivity contribution is 7.80. The first-order valence-corrected chi connectivity index (χ1v) is 12.2. The van der Waals surface area contributed by atoms with Crippen molar-refractivity contribution in [2.24, 2.45) is 0 Å². The number of fused-ring (bicyclic) bond motifs is 1. The SMILES string of the molecule is O=C(N[C@H](Cc1c[nH]c2ccccc12)C(=O)N[C@H](CS)Cc1ccccc1)OCc1ccccc1. The van der Waals surface area contributed by atoms with Crippen molar-refractivity contribution in [1.29, 1.82) is 0 Å². The van der Waals surface area contributed by atoms with Crippen LogP contribution in [0.4, 0.5) is 4.79 Å². The van der Waals surface area contributed by atoms with Crippen molar-refractivity contribution >= 4 is 35.5 Å². The second-order valence-electron chi connectivity index (χ2n) is 8.40. The van der Waals surface area contributed by atoms with Gasteiger partial charge in [-0.2, -0.15) is 12.6 Å². The first-order valence-electron chi connectivity index (χ1n) is 11.6. The Morgan fingerprint density at radius 1 is 0.829 bits per heavy atom. The van der Waals surface area contributed by atoms with Crippen LogP contribution in [0.25, 0.3) is 10.9 Å². The number of amides is 2. The molecule has 0 spiro atoms. The molecule has 0 saturated carbocycles. The number of para-hydroxylation sites is 1. The molecule has 2 atom stereocenters. The topological polar surface area (TPSA) is 83.2 Å². The summed E-state index contributed by atoms with van der Waals surface area (Å²) in [7, 11) is 0. The Hall–Kier alpha value is -3.71. The van der Waals surface area contributed by atoms with E-state index in [9.17, 15) is 9.59 Å². The second kappa shape index (κ2) is 12.1. The van der Waals surface area contributed by atoms with Gasteiger partial charge in [0.15, 0.2) is 0 Å². The first kappa shape index (κ1) is 24.4. The van der Waals surface area contributed by atoms with Gasteiger partial charge >= 0.3 is 6.09 Å². The number of aromatic nitrogens is 1. The second-order valence-corrected chi connectivity index (χ2v) is 8.77. The van der Waals surface area contributed by atoms with Crippen molar-refractivity contribution in [3.05, 3.63) is 108 Å². The fourth-order valence-corrected chi connectivity index (χ4v) is 4.22. The molecule has 1 heterocycles. The molecule has 0 bridgehead atoms. The maximum absolute atomic E-state index is 13.3. The lowest BCUT2D eigenvalue weighted by Gasteiger charge is -2.22. The van der Waals surface area contributed by atoms with Crippen LogP contribution in [0, 0.1) is 0 Å². The largest absolute Gasteiger partial charge is 0.445 e. The van der Waals surface area contributed by atoms with Crippen molar-refractivity contribution in [2.45, 2.75) is 31.5 Å². The van der Waals surface area contributed by atoms with Crippen LogP contribution < -0.4 is 10.6 Å². The number of aromatic amines is 1. The summed E-state index contributed by atoms with van der Waals surface area (Å²) in [6.45, 7) is 0.126. The van der Waals surface area contributed by atoms with Crippen LogP contribution in [-0.4, -0.2) is 34.8 Å². The van der Waals surface area contributed by atoms with E-state index in [1.165, 1.54) is 0 Å². The Labute approximate surface area is 210 Å². The number of ether oxygens (including phenoxy) is 1. The van der Waals surface area contributed by atoms with E-state index in [0.717, 1.165) is 27.6 Å². The van der Waals surface area contributed by atoms with E-state index in [4.69, 9.17) is 4.74 Å². The molecule has 4 aromatic rings. The lowest BCUT2D eigenvalue weighted by molar-refractivity contribution is -0.123. The summed E-state index contributed by atoms with van der Waals surface area (Å²) < 4.78 is 5.39. The number of carbonyl (C=O) groups excluding carboxylic acids is 2. The molecule has 0 saturated heterocycles. The molecule has 0 aliphatic rings. The Bertz CT molecular complexity index is 1240. The summed E-state index contributed by atoms with van der Waals surface area (Å²) in [5.41, 5.74) is 3.90. The number of carbonyl (C=O) groups is 2. The lowest BCUT2D eigenvalue weighted by Crippen LogP contribution is -2.51. The van der Waals surface area contributed by atoms with E-state index >= 15 is 0 Å². The van der Waals surface area contributed by atoms with Crippen LogP contribution in [0.15, 0.2) is 91.1 Å². The summed E-state index contributed by atoms with van der Waals surface area (Å²) in [5, 5.41) is 6.84. The van der Waals surface area contributed by atoms with Gasteiger partial charge in [0.05, 0.1) is 0 Å². The Morgan fingerprint density at radius 2 is 1.49 bits per heavy atom. The molecule has 180 valence electrons. The van der Waals surface area contributed by atoms with E-state index in [1.807, 2.05) is 91.1 Å². The molecular formula is C28H29N3O3S. The summed E-state index contributed by atoms with van der Waals surface area (Å²) in [6, 6.07) is 26.2. The van der Waals surface area contributed by atoms with Crippen molar-refractivity contribution < 1.29 is 14.3 Å². The normalized spacial score (nSPS) is 12.6. The zero-order valence-corrected chi connectivity index (χ0v) is 20.2. The zero-order chi connectivity index (χ0) is 24.5. The van der Waals surface area contributed by atoms with E-state index < -0.39 is 12.1 Å². The predicted octanol–water partition coefficient (Wildman–Crippen LogP) is 4.66. The van der Waals surface area contributed by atoms with Gasteiger partial charge in [0, 0.05) is 35.3 Å². The van der Waals surface area contributed by atoms with Crippen molar-refractivity contribution in [1.82, 2.24) is 15.6 Å². The third-order valence-corrected chi connectivity index (χ3v) is 6.25. The van der Waals surface area contributed by atoms with Gasteiger partial charge in [0.25, 0.3) is 0 Å². The van der Waals surface area contributed by atoms with E-state index in [0.29, 0.717) is 18.6 Å². The minimum Gasteiger partial charge on any atom is -0.445 e. The van der Waals surface area contributed by atoms with Crippen molar-refractivity contribution in [2.75, 3.05) is 5.75 Å². The van der Waals surface area contributed by atoms with Crippen LogP contribution >= 0.6 is 12.6 Å². The molecule has 1 aromatic heterocycles. The highest BCUT2D eigenvalue weighted by Gasteiger charge is 2.25. The van der Waals surface area contributed by atoms with E-state index in [1.54, 1.807) is 0 Å². The maximum atomic E-state index is 13.3. The molecule has 3 aromatic carbocycles. The molecule has 3 N–H and O–H groups in total. The van der Waals surface area contributed by atoms with Gasteiger partial charge in [0.2, 0.25) is 5.91 Å².